The predicted molar refractivity (Wildman–Crippen MR) is 158 cm³/mol. The molecule has 0 saturated heterocycles. The van der Waals surface area contributed by atoms with Crippen LogP contribution >= 0.6 is 22.7 Å². The van der Waals surface area contributed by atoms with Crippen molar-refractivity contribution in [3.63, 3.8) is 0 Å². The van der Waals surface area contributed by atoms with E-state index in [1.165, 1.54) is 22.7 Å². The van der Waals surface area contributed by atoms with E-state index in [1.54, 1.807) is 18.6 Å². The maximum atomic E-state index is 13.9. The third kappa shape index (κ3) is 5.66. The fraction of sp³-hybridized carbons (Fsp3) is 0.258. The number of thiazole rings is 1. The number of ether oxygens (including phenoxy) is 3. The Morgan fingerprint density at radius 1 is 1.07 bits per heavy atom. The number of allylic oxidation sites excluding steroid dienone is 1. The van der Waals surface area contributed by atoms with Gasteiger partial charge in [0.15, 0.2) is 16.3 Å². The number of fused-ring (bicyclic) bond motifs is 1. The summed E-state index contributed by atoms with van der Waals surface area (Å²) in [5.74, 6) is 0.757. The van der Waals surface area contributed by atoms with Crippen LogP contribution in [-0.4, -0.2) is 24.3 Å². The molecule has 1 aliphatic heterocycles. The number of thiophene rings is 1. The highest BCUT2D eigenvalue weighted by Crippen LogP contribution is 2.35. The van der Waals surface area contributed by atoms with Gasteiger partial charge in [0.05, 0.1) is 29.5 Å². The SMILES string of the molecule is CCCC1=C(C(=O)OCC)C(c2cccs2)n2c(s/c(=C\c3ccc(OCc4ccccc4)c(OC)c3)c2=O)=N1. The summed E-state index contributed by atoms with van der Waals surface area (Å²) in [7, 11) is 1.59. The molecule has 1 aliphatic rings. The van der Waals surface area contributed by atoms with Crippen LogP contribution in [0.15, 0.2) is 87.1 Å². The minimum atomic E-state index is -0.581. The molecule has 0 fully saturated rings. The first-order valence-corrected chi connectivity index (χ1v) is 14.8. The highest BCUT2D eigenvalue weighted by atomic mass is 32.1. The smallest absolute Gasteiger partial charge is 0.338 e. The number of esters is 1. The van der Waals surface area contributed by atoms with Crippen LogP contribution in [0.25, 0.3) is 6.08 Å². The number of carbonyl (C=O) groups is 1. The molecular formula is C31H30N2O5S2. The summed E-state index contributed by atoms with van der Waals surface area (Å²) >= 11 is 2.82. The Balaban J connectivity index is 1.56. The third-order valence-corrected chi connectivity index (χ3v) is 8.34. The standard InChI is InChI=1S/C31H30N2O5S2/c1-4-10-22-27(30(35)37-5-2)28(25-13-9-16-39-25)33-29(34)26(40-31(33)32-22)18-21-14-15-23(24(17-21)36-3)38-19-20-11-7-6-8-12-20/h6-9,11-18,28H,4-5,10,19H2,1-3H3/b26-18-. The van der Waals surface area contributed by atoms with Crippen molar-refractivity contribution < 1.29 is 19.0 Å². The summed E-state index contributed by atoms with van der Waals surface area (Å²) in [5.41, 5.74) is 2.75. The lowest BCUT2D eigenvalue weighted by Gasteiger charge is -2.24. The molecule has 0 amide bonds. The van der Waals surface area contributed by atoms with Crippen molar-refractivity contribution in [2.75, 3.05) is 13.7 Å². The van der Waals surface area contributed by atoms with Crippen molar-refractivity contribution in [1.82, 2.24) is 4.57 Å². The van der Waals surface area contributed by atoms with Crippen LogP contribution in [0.4, 0.5) is 0 Å². The van der Waals surface area contributed by atoms with Crippen LogP contribution in [0, 0.1) is 0 Å². The Labute approximate surface area is 240 Å². The second-order valence-electron chi connectivity index (χ2n) is 9.11. The van der Waals surface area contributed by atoms with Crippen molar-refractivity contribution in [1.29, 1.82) is 0 Å². The Hall–Kier alpha value is -3.95. The fourth-order valence-electron chi connectivity index (χ4n) is 4.62. The average Bonchev–Trinajstić information content (AvgIpc) is 3.61. The first-order valence-electron chi connectivity index (χ1n) is 13.1. The molecule has 2 aromatic carbocycles. The van der Waals surface area contributed by atoms with Crippen LogP contribution in [0.1, 0.15) is 48.7 Å². The third-order valence-electron chi connectivity index (χ3n) is 6.43. The van der Waals surface area contributed by atoms with E-state index in [1.807, 2.05) is 79.0 Å². The van der Waals surface area contributed by atoms with E-state index in [9.17, 15) is 9.59 Å². The number of carbonyl (C=O) groups excluding carboxylic acids is 1. The number of aromatic nitrogens is 1. The average molecular weight is 575 g/mol. The lowest BCUT2D eigenvalue weighted by Crippen LogP contribution is -2.39. The molecule has 0 spiro atoms. The van der Waals surface area contributed by atoms with Gasteiger partial charge in [-0.15, -0.1) is 11.3 Å². The molecule has 0 saturated carbocycles. The van der Waals surface area contributed by atoms with Gasteiger partial charge >= 0.3 is 5.97 Å². The molecule has 1 unspecified atom stereocenters. The number of benzene rings is 2. The van der Waals surface area contributed by atoms with E-state index >= 15 is 0 Å². The van der Waals surface area contributed by atoms with Gasteiger partial charge < -0.3 is 14.2 Å². The predicted octanol–water partition coefficient (Wildman–Crippen LogP) is 5.23. The molecule has 0 aliphatic carbocycles. The second kappa shape index (κ2) is 12.5. The van der Waals surface area contributed by atoms with Crippen LogP contribution < -0.4 is 24.4 Å². The first-order chi connectivity index (χ1) is 19.5. The van der Waals surface area contributed by atoms with E-state index in [0.717, 1.165) is 22.4 Å². The summed E-state index contributed by atoms with van der Waals surface area (Å²) in [6.07, 6.45) is 3.25. The molecule has 206 valence electrons. The second-order valence-corrected chi connectivity index (χ2v) is 11.1. The van der Waals surface area contributed by atoms with Gasteiger partial charge in [-0.25, -0.2) is 9.79 Å². The fourth-order valence-corrected chi connectivity index (χ4v) is 6.46. The summed E-state index contributed by atoms with van der Waals surface area (Å²) in [4.78, 5) is 33.3. The Kier molecular flexibility index (Phi) is 8.62. The highest BCUT2D eigenvalue weighted by molar-refractivity contribution is 7.10. The lowest BCUT2D eigenvalue weighted by atomic mass is 9.99. The maximum Gasteiger partial charge on any atom is 0.338 e. The van der Waals surface area contributed by atoms with E-state index < -0.39 is 12.0 Å². The number of methoxy groups -OCH3 is 1. The summed E-state index contributed by atoms with van der Waals surface area (Å²) in [6.45, 7) is 4.48. The zero-order chi connectivity index (χ0) is 28.1. The van der Waals surface area contributed by atoms with Crippen LogP contribution in [-0.2, 0) is 16.1 Å². The lowest BCUT2D eigenvalue weighted by molar-refractivity contribution is -0.139. The van der Waals surface area contributed by atoms with Gasteiger partial charge in [-0.05, 0) is 54.1 Å². The molecule has 1 atom stereocenters. The first kappa shape index (κ1) is 27.6. The Bertz CT molecular complexity index is 1700. The summed E-state index contributed by atoms with van der Waals surface area (Å²) in [5, 5.41) is 1.95. The molecule has 3 heterocycles. The van der Waals surface area contributed by atoms with Gasteiger partial charge in [-0.3, -0.25) is 9.36 Å². The van der Waals surface area contributed by atoms with Crippen LogP contribution in [0.3, 0.4) is 0 Å². The minimum Gasteiger partial charge on any atom is -0.493 e. The molecule has 0 N–H and O–H groups in total. The normalized spacial score (nSPS) is 15.0. The van der Waals surface area contributed by atoms with Gasteiger partial charge in [0, 0.05) is 4.88 Å². The summed E-state index contributed by atoms with van der Waals surface area (Å²) in [6, 6.07) is 18.8. The Morgan fingerprint density at radius 3 is 2.60 bits per heavy atom. The zero-order valence-electron chi connectivity index (χ0n) is 22.6. The molecule has 4 aromatic rings. The van der Waals surface area contributed by atoms with Crippen molar-refractivity contribution in [2.45, 2.75) is 39.3 Å². The van der Waals surface area contributed by atoms with Crippen molar-refractivity contribution in [2.24, 2.45) is 4.99 Å². The number of rotatable bonds is 10. The zero-order valence-corrected chi connectivity index (χ0v) is 24.2. The summed E-state index contributed by atoms with van der Waals surface area (Å²) < 4.78 is 19.2. The molecule has 0 radical (unpaired) electrons. The van der Waals surface area contributed by atoms with Crippen molar-refractivity contribution in [3.05, 3.63) is 113 Å². The number of hydrogen-bond donors (Lipinski definition) is 0. The van der Waals surface area contributed by atoms with E-state index in [0.29, 0.717) is 45.1 Å². The van der Waals surface area contributed by atoms with Crippen molar-refractivity contribution in [3.8, 4) is 11.5 Å². The maximum absolute atomic E-state index is 13.9. The largest absolute Gasteiger partial charge is 0.493 e. The van der Waals surface area contributed by atoms with Gasteiger partial charge in [0.25, 0.3) is 5.56 Å². The van der Waals surface area contributed by atoms with Crippen molar-refractivity contribution >= 4 is 34.7 Å². The molecule has 40 heavy (non-hydrogen) atoms. The topological polar surface area (TPSA) is 79.1 Å². The van der Waals surface area contributed by atoms with Gasteiger partial charge in [-0.2, -0.15) is 0 Å². The highest BCUT2D eigenvalue weighted by Gasteiger charge is 2.34. The molecule has 7 nitrogen and oxygen atoms in total. The van der Waals surface area contributed by atoms with Gasteiger partial charge in [0.1, 0.15) is 12.6 Å². The van der Waals surface area contributed by atoms with E-state index in [2.05, 4.69) is 0 Å². The number of nitrogens with zero attached hydrogens (tertiary/aromatic N) is 2. The van der Waals surface area contributed by atoms with Crippen LogP contribution in [0.2, 0.25) is 0 Å². The van der Waals surface area contributed by atoms with Gasteiger partial charge in [-0.1, -0.05) is 67.1 Å². The quantitative estimate of drug-likeness (QED) is 0.243. The molecule has 0 bridgehead atoms. The minimum absolute atomic E-state index is 0.206. The Morgan fingerprint density at radius 2 is 1.90 bits per heavy atom. The molecule has 9 heteroatoms. The molecule has 2 aromatic heterocycles. The van der Waals surface area contributed by atoms with E-state index in [4.69, 9.17) is 19.2 Å². The molecular weight excluding hydrogens is 544 g/mol. The number of hydrogen-bond acceptors (Lipinski definition) is 8. The monoisotopic (exact) mass is 574 g/mol. The van der Waals surface area contributed by atoms with Gasteiger partial charge in [0.2, 0.25) is 0 Å². The van der Waals surface area contributed by atoms with Crippen LogP contribution in [0.5, 0.6) is 11.5 Å². The molecule has 5 rings (SSSR count). The van der Waals surface area contributed by atoms with E-state index in [-0.39, 0.29) is 12.2 Å².